The van der Waals surface area contributed by atoms with E-state index in [1.165, 1.54) is 79.2 Å². The molecule has 8 aliphatic carbocycles. The maximum atomic E-state index is 6.76. The highest BCUT2D eigenvalue weighted by molar-refractivity contribution is 5.68. The summed E-state index contributed by atoms with van der Waals surface area (Å²) in [6.07, 6.45) is 57.2. The van der Waals surface area contributed by atoms with Gasteiger partial charge in [0.05, 0.1) is 6.04 Å². The second-order valence-corrected chi connectivity index (χ2v) is 17.8. The van der Waals surface area contributed by atoms with Crippen LogP contribution in [0.4, 0.5) is 0 Å². The van der Waals surface area contributed by atoms with E-state index in [-0.39, 0.29) is 18.1 Å². The molecule has 0 saturated carbocycles. The first-order valence-corrected chi connectivity index (χ1v) is 22.4. The van der Waals surface area contributed by atoms with Crippen molar-refractivity contribution in [2.24, 2.45) is 11.8 Å². The molecule has 0 saturated heterocycles. The smallest absolute Gasteiger partial charge is 0.128 e. The van der Waals surface area contributed by atoms with E-state index in [1.807, 2.05) is 0 Å². The SMILES string of the molecule is C1=CCCC(C2=CC(C3=CCCC=C3)=CC(N(C3=CCC(C4=CC5c6cccc(C7CC=CCC7)c6OC5C=C4)C=C3)C3=c4ccccc4=C4C=CCCC4C3)C2)=C1. The summed E-state index contributed by atoms with van der Waals surface area (Å²) in [5.41, 5.74) is 14.3. The van der Waals surface area contributed by atoms with Gasteiger partial charge in [0.2, 0.25) is 0 Å². The fourth-order valence-corrected chi connectivity index (χ4v) is 11.3. The zero-order valence-electron chi connectivity index (χ0n) is 33.7. The van der Waals surface area contributed by atoms with Crippen molar-refractivity contribution in [2.75, 3.05) is 0 Å². The monoisotopic (exact) mass is 757 g/mol. The molecule has 58 heavy (non-hydrogen) atoms. The molecule has 0 bridgehead atoms. The molecule has 2 aromatic rings. The number of fused-ring (bicyclic) bond motifs is 5. The zero-order valence-corrected chi connectivity index (χ0v) is 33.7. The molecule has 6 unspecified atom stereocenters. The number of allylic oxidation sites excluding steroid dienone is 19. The van der Waals surface area contributed by atoms with Crippen molar-refractivity contribution < 1.29 is 4.74 Å². The number of hydrogen-bond acceptors (Lipinski definition) is 2. The van der Waals surface area contributed by atoms with E-state index in [1.54, 1.807) is 0 Å². The molecule has 0 fully saturated rings. The van der Waals surface area contributed by atoms with Crippen LogP contribution in [0.15, 0.2) is 185 Å². The molecule has 11 rings (SSSR count). The van der Waals surface area contributed by atoms with Crippen LogP contribution in [0, 0.1) is 11.8 Å². The Morgan fingerprint density at radius 1 is 0.638 bits per heavy atom. The van der Waals surface area contributed by atoms with E-state index in [9.17, 15) is 0 Å². The Hall–Kier alpha value is -5.34. The highest BCUT2D eigenvalue weighted by Crippen LogP contribution is 2.49. The van der Waals surface area contributed by atoms with E-state index in [0.29, 0.717) is 17.8 Å². The molecular formula is C56H55NO. The summed E-state index contributed by atoms with van der Waals surface area (Å²) in [4.78, 5) is 2.80. The minimum absolute atomic E-state index is 0.0886. The molecule has 0 aromatic heterocycles. The summed E-state index contributed by atoms with van der Waals surface area (Å²) in [6.45, 7) is 0. The van der Waals surface area contributed by atoms with Gasteiger partial charge in [0.25, 0.3) is 0 Å². The predicted molar refractivity (Wildman–Crippen MR) is 240 cm³/mol. The second kappa shape index (κ2) is 15.4. The van der Waals surface area contributed by atoms with Gasteiger partial charge in [-0.1, -0.05) is 140 Å². The normalized spacial score (nSPS) is 29.2. The van der Waals surface area contributed by atoms with Gasteiger partial charge in [0.15, 0.2) is 0 Å². The maximum absolute atomic E-state index is 6.76. The van der Waals surface area contributed by atoms with Gasteiger partial charge < -0.3 is 9.64 Å². The van der Waals surface area contributed by atoms with Crippen LogP contribution >= 0.6 is 0 Å². The standard InChI is InChI=1S/C56H55NO/c1-4-15-38(16-5-1)44-33-45(39-17-6-2-7-18-39)35-47(34-44)57(54-37-43-21-10-11-22-48(43)50-23-12-13-24-51(50)54)46-30-27-40(28-31-46)42-29-32-55-53(36-42)52-26-14-25-49(56(52)58-55)41-19-8-3-9-20-41/h1,3-4,6,8,11-15,17-18,22-27,29-33,35-36,40-41,43,47,53,55H,2,5,7,9-10,16,19-21,28,34,37H2. The van der Waals surface area contributed by atoms with Crippen molar-refractivity contribution in [3.8, 4) is 5.75 Å². The molecule has 290 valence electrons. The largest absolute Gasteiger partial charge is 0.485 e. The third kappa shape index (κ3) is 6.59. The van der Waals surface area contributed by atoms with E-state index >= 15 is 0 Å². The van der Waals surface area contributed by atoms with Gasteiger partial charge in [-0.05, 0) is 145 Å². The molecule has 9 aliphatic rings. The van der Waals surface area contributed by atoms with Gasteiger partial charge >= 0.3 is 0 Å². The lowest BCUT2D eigenvalue weighted by atomic mass is 9.78. The molecule has 2 nitrogen and oxygen atoms in total. The van der Waals surface area contributed by atoms with E-state index in [2.05, 4.69) is 157 Å². The first-order valence-electron chi connectivity index (χ1n) is 22.4. The molecule has 0 N–H and O–H groups in total. The second-order valence-electron chi connectivity index (χ2n) is 17.8. The van der Waals surface area contributed by atoms with Crippen LogP contribution in [0.3, 0.4) is 0 Å². The van der Waals surface area contributed by atoms with Crippen LogP contribution in [0.1, 0.15) is 100 Å². The summed E-state index contributed by atoms with van der Waals surface area (Å²) in [6, 6.07) is 16.4. The first-order chi connectivity index (χ1) is 28.7. The minimum atomic E-state index is 0.0886. The van der Waals surface area contributed by atoms with E-state index in [0.717, 1.165) is 70.0 Å². The van der Waals surface area contributed by atoms with Gasteiger partial charge in [-0.3, -0.25) is 0 Å². The van der Waals surface area contributed by atoms with E-state index in [4.69, 9.17) is 4.74 Å². The zero-order chi connectivity index (χ0) is 38.4. The van der Waals surface area contributed by atoms with Gasteiger partial charge in [-0.15, -0.1) is 0 Å². The molecule has 0 radical (unpaired) electrons. The van der Waals surface area contributed by atoms with Crippen molar-refractivity contribution in [1.82, 2.24) is 4.90 Å². The van der Waals surface area contributed by atoms with Gasteiger partial charge in [-0.2, -0.15) is 0 Å². The summed E-state index contributed by atoms with van der Waals surface area (Å²) in [7, 11) is 0. The molecule has 6 atom stereocenters. The average Bonchev–Trinajstić information content (AvgIpc) is 3.68. The summed E-state index contributed by atoms with van der Waals surface area (Å²) in [5.74, 6) is 2.88. The number of benzene rings is 2. The van der Waals surface area contributed by atoms with Crippen LogP contribution in [0.5, 0.6) is 5.75 Å². The lowest BCUT2D eigenvalue weighted by Gasteiger charge is -2.41. The van der Waals surface area contributed by atoms with Crippen LogP contribution in [-0.4, -0.2) is 17.0 Å². The van der Waals surface area contributed by atoms with Gasteiger partial charge in [0.1, 0.15) is 11.9 Å². The van der Waals surface area contributed by atoms with Crippen LogP contribution < -0.4 is 15.2 Å². The Morgan fingerprint density at radius 3 is 2.38 bits per heavy atom. The summed E-state index contributed by atoms with van der Waals surface area (Å²) < 4.78 is 6.76. The third-order valence-electron chi connectivity index (χ3n) is 14.3. The lowest BCUT2D eigenvalue weighted by molar-refractivity contribution is 0.264. The first kappa shape index (κ1) is 35.8. The molecule has 2 heteroatoms. The van der Waals surface area contributed by atoms with Crippen LogP contribution in [0.25, 0.3) is 11.3 Å². The fraction of sp³-hybridized carbons (Fsp3) is 0.321. The molecule has 0 spiro atoms. The number of rotatable bonds is 7. The quantitative estimate of drug-likeness (QED) is 0.261. The Kier molecular flexibility index (Phi) is 9.53. The fourth-order valence-electron chi connectivity index (χ4n) is 11.3. The van der Waals surface area contributed by atoms with Crippen LogP contribution in [-0.2, 0) is 0 Å². The predicted octanol–water partition coefficient (Wildman–Crippen LogP) is 12.1. The van der Waals surface area contributed by atoms with E-state index < -0.39 is 0 Å². The highest BCUT2D eigenvalue weighted by atomic mass is 16.5. The minimum Gasteiger partial charge on any atom is -0.485 e. The maximum Gasteiger partial charge on any atom is 0.128 e. The van der Waals surface area contributed by atoms with Gasteiger partial charge in [0, 0.05) is 34.0 Å². The number of ether oxygens (including phenoxy) is 1. The highest BCUT2D eigenvalue weighted by Gasteiger charge is 2.38. The number of nitrogens with zero attached hydrogens (tertiary/aromatic N) is 1. The number of para-hydroxylation sites is 1. The molecule has 1 aliphatic heterocycles. The van der Waals surface area contributed by atoms with Crippen molar-refractivity contribution in [3.63, 3.8) is 0 Å². The van der Waals surface area contributed by atoms with Crippen molar-refractivity contribution in [2.45, 2.75) is 101 Å². The average molecular weight is 758 g/mol. The summed E-state index contributed by atoms with van der Waals surface area (Å²) in [5, 5.41) is 2.84. The Labute approximate surface area is 345 Å². The van der Waals surface area contributed by atoms with Crippen LogP contribution in [0.2, 0.25) is 0 Å². The Balaban J connectivity index is 0.967. The lowest BCUT2D eigenvalue weighted by Crippen LogP contribution is -2.44. The van der Waals surface area contributed by atoms with Crippen molar-refractivity contribution in [3.05, 3.63) is 207 Å². The van der Waals surface area contributed by atoms with Crippen molar-refractivity contribution in [1.29, 1.82) is 0 Å². The molecular weight excluding hydrogens is 703 g/mol. The number of hydrogen-bond donors (Lipinski definition) is 0. The topological polar surface area (TPSA) is 12.5 Å². The molecule has 2 aromatic carbocycles. The Bertz CT molecular complexity index is 2530. The Morgan fingerprint density at radius 2 is 1.53 bits per heavy atom. The van der Waals surface area contributed by atoms with Gasteiger partial charge in [-0.25, -0.2) is 0 Å². The van der Waals surface area contributed by atoms with Crippen molar-refractivity contribution >= 4 is 11.3 Å². The molecule has 0 amide bonds. The third-order valence-corrected chi connectivity index (χ3v) is 14.3. The summed E-state index contributed by atoms with van der Waals surface area (Å²) >= 11 is 0. The molecule has 1 heterocycles.